The van der Waals surface area contributed by atoms with Crippen molar-refractivity contribution in [1.29, 1.82) is 0 Å². The van der Waals surface area contributed by atoms with Crippen LogP contribution in [0.15, 0.2) is 12.4 Å². The van der Waals surface area contributed by atoms with Gasteiger partial charge in [-0.15, -0.1) is 0 Å². The Morgan fingerprint density at radius 1 is 1.47 bits per heavy atom. The second-order valence-corrected chi connectivity index (χ2v) is 4.39. The first-order valence-electron chi connectivity index (χ1n) is 5.52. The molecule has 2 rings (SSSR count). The van der Waals surface area contributed by atoms with E-state index in [1.165, 1.54) is 19.3 Å². The van der Waals surface area contributed by atoms with Gasteiger partial charge in [-0.3, -0.25) is 0 Å². The van der Waals surface area contributed by atoms with Crippen LogP contribution in [-0.2, 0) is 0 Å². The van der Waals surface area contributed by atoms with Crippen molar-refractivity contribution in [3.05, 3.63) is 17.5 Å². The third-order valence-electron chi connectivity index (χ3n) is 3.03. The van der Waals surface area contributed by atoms with Crippen molar-refractivity contribution in [1.82, 2.24) is 9.97 Å². The van der Waals surface area contributed by atoms with Gasteiger partial charge in [0, 0.05) is 25.5 Å². The number of hydrogen-bond acceptors (Lipinski definition) is 3. The zero-order chi connectivity index (χ0) is 10.7. The van der Waals surface area contributed by atoms with Gasteiger partial charge in [-0.1, -0.05) is 24.9 Å². The molecule has 0 N–H and O–H groups in total. The van der Waals surface area contributed by atoms with E-state index in [0.717, 1.165) is 24.8 Å². The number of hydrogen-bond donors (Lipinski definition) is 0. The fourth-order valence-electron chi connectivity index (χ4n) is 2.12. The van der Waals surface area contributed by atoms with Gasteiger partial charge in [-0.2, -0.15) is 0 Å². The maximum atomic E-state index is 6.03. The van der Waals surface area contributed by atoms with Crippen LogP contribution in [0.5, 0.6) is 0 Å². The minimum atomic E-state index is 0.522. The van der Waals surface area contributed by atoms with E-state index in [4.69, 9.17) is 11.6 Å². The fourth-order valence-corrected chi connectivity index (χ4v) is 2.34. The Balaban J connectivity index is 2.13. The summed E-state index contributed by atoms with van der Waals surface area (Å²) in [7, 11) is 0. The van der Waals surface area contributed by atoms with Crippen LogP contribution in [0.25, 0.3) is 0 Å². The number of nitrogens with zero attached hydrogens (tertiary/aromatic N) is 3. The average Bonchev–Trinajstić information content (AvgIpc) is 2.30. The molecule has 0 bridgehead atoms. The summed E-state index contributed by atoms with van der Waals surface area (Å²) in [6, 6.07) is 0. The summed E-state index contributed by atoms with van der Waals surface area (Å²) >= 11 is 6.03. The van der Waals surface area contributed by atoms with Gasteiger partial charge in [0.1, 0.15) is 0 Å². The molecule has 0 spiro atoms. The zero-order valence-electron chi connectivity index (χ0n) is 8.99. The van der Waals surface area contributed by atoms with E-state index in [0.29, 0.717) is 5.15 Å². The van der Waals surface area contributed by atoms with Crippen molar-refractivity contribution in [3.8, 4) is 0 Å². The van der Waals surface area contributed by atoms with Crippen LogP contribution in [0.3, 0.4) is 0 Å². The first-order chi connectivity index (χ1) is 7.31. The standard InChI is InChI=1S/C11H16ClN3/c1-2-9-4-3-7-15(8-9)11-10(12)13-5-6-14-11/h5-6,9H,2-4,7-8H2,1H3. The monoisotopic (exact) mass is 225 g/mol. The third-order valence-corrected chi connectivity index (χ3v) is 3.30. The molecular weight excluding hydrogens is 210 g/mol. The van der Waals surface area contributed by atoms with Crippen molar-refractivity contribution in [2.24, 2.45) is 5.92 Å². The molecule has 4 heteroatoms. The molecule has 3 nitrogen and oxygen atoms in total. The molecule has 1 unspecified atom stereocenters. The number of aromatic nitrogens is 2. The topological polar surface area (TPSA) is 29.0 Å². The van der Waals surface area contributed by atoms with Crippen molar-refractivity contribution in [2.45, 2.75) is 26.2 Å². The molecule has 1 aromatic heterocycles. The Morgan fingerprint density at radius 3 is 3.00 bits per heavy atom. The lowest BCUT2D eigenvalue weighted by Crippen LogP contribution is -2.35. The van der Waals surface area contributed by atoms with Gasteiger partial charge in [-0.25, -0.2) is 9.97 Å². The molecule has 0 radical (unpaired) electrons. The highest BCUT2D eigenvalue weighted by molar-refractivity contribution is 6.31. The number of anilines is 1. The van der Waals surface area contributed by atoms with Crippen molar-refractivity contribution >= 4 is 17.4 Å². The van der Waals surface area contributed by atoms with Gasteiger partial charge in [0.15, 0.2) is 11.0 Å². The number of rotatable bonds is 2. The highest BCUT2D eigenvalue weighted by Crippen LogP contribution is 2.26. The molecule has 1 saturated heterocycles. The summed E-state index contributed by atoms with van der Waals surface area (Å²) in [5.74, 6) is 1.62. The molecule has 0 amide bonds. The maximum Gasteiger partial charge on any atom is 0.171 e. The fraction of sp³-hybridized carbons (Fsp3) is 0.636. The first kappa shape index (κ1) is 10.7. The van der Waals surface area contributed by atoms with E-state index >= 15 is 0 Å². The molecule has 0 aromatic carbocycles. The van der Waals surface area contributed by atoms with Gasteiger partial charge in [0.05, 0.1) is 0 Å². The first-order valence-corrected chi connectivity index (χ1v) is 5.90. The van der Waals surface area contributed by atoms with E-state index in [-0.39, 0.29) is 0 Å². The van der Waals surface area contributed by atoms with Gasteiger partial charge in [-0.05, 0) is 18.8 Å². The molecule has 82 valence electrons. The largest absolute Gasteiger partial charge is 0.354 e. The molecule has 0 saturated carbocycles. The summed E-state index contributed by atoms with van der Waals surface area (Å²) in [5.41, 5.74) is 0. The molecule has 15 heavy (non-hydrogen) atoms. The quantitative estimate of drug-likeness (QED) is 0.775. The van der Waals surface area contributed by atoms with Crippen LogP contribution < -0.4 is 4.90 Å². The SMILES string of the molecule is CCC1CCCN(c2nccnc2Cl)C1. The van der Waals surface area contributed by atoms with Gasteiger partial charge in [0.25, 0.3) is 0 Å². The summed E-state index contributed by atoms with van der Waals surface area (Å²) < 4.78 is 0. The smallest absolute Gasteiger partial charge is 0.171 e. The molecule has 1 atom stereocenters. The Labute approximate surface area is 95.5 Å². The predicted molar refractivity (Wildman–Crippen MR) is 62.3 cm³/mol. The minimum absolute atomic E-state index is 0.522. The molecule has 1 aliphatic heterocycles. The van der Waals surface area contributed by atoms with Crippen LogP contribution >= 0.6 is 11.6 Å². The van der Waals surface area contributed by atoms with Crippen LogP contribution in [0.1, 0.15) is 26.2 Å². The molecule has 1 fully saturated rings. The van der Waals surface area contributed by atoms with Gasteiger partial charge in [0.2, 0.25) is 0 Å². The summed E-state index contributed by atoms with van der Waals surface area (Å²) in [6.07, 6.45) is 7.12. The van der Waals surface area contributed by atoms with Gasteiger partial charge < -0.3 is 4.90 Å². The average molecular weight is 226 g/mol. The zero-order valence-corrected chi connectivity index (χ0v) is 9.74. The summed E-state index contributed by atoms with van der Waals surface area (Å²) in [4.78, 5) is 10.6. The van der Waals surface area contributed by atoms with Crippen LogP contribution in [0, 0.1) is 5.92 Å². The van der Waals surface area contributed by atoms with E-state index in [2.05, 4.69) is 21.8 Å². The van der Waals surface area contributed by atoms with Crippen LogP contribution in [0.2, 0.25) is 5.15 Å². The lowest BCUT2D eigenvalue weighted by atomic mass is 9.96. The van der Waals surface area contributed by atoms with E-state index in [1.54, 1.807) is 12.4 Å². The van der Waals surface area contributed by atoms with Crippen molar-refractivity contribution in [2.75, 3.05) is 18.0 Å². The van der Waals surface area contributed by atoms with Crippen LogP contribution in [0.4, 0.5) is 5.82 Å². The minimum Gasteiger partial charge on any atom is -0.354 e. The third kappa shape index (κ3) is 2.40. The Bertz CT molecular complexity index is 329. The highest BCUT2D eigenvalue weighted by atomic mass is 35.5. The van der Waals surface area contributed by atoms with E-state index in [9.17, 15) is 0 Å². The highest BCUT2D eigenvalue weighted by Gasteiger charge is 2.21. The second kappa shape index (κ2) is 4.79. The van der Waals surface area contributed by atoms with Crippen molar-refractivity contribution in [3.63, 3.8) is 0 Å². The van der Waals surface area contributed by atoms with Crippen molar-refractivity contribution < 1.29 is 0 Å². The lowest BCUT2D eigenvalue weighted by molar-refractivity contribution is 0.403. The molecule has 1 aromatic rings. The summed E-state index contributed by atoms with van der Waals surface area (Å²) in [5, 5.41) is 0.522. The normalized spacial score (nSPS) is 21.7. The maximum absolute atomic E-state index is 6.03. The van der Waals surface area contributed by atoms with Crippen LogP contribution in [-0.4, -0.2) is 23.1 Å². The molecule has 2 heterocycles. The number of halogens is 1. The van der Waals surface area contributed by atoms with E-state index < -0.39 is 0 Å². The number of piperidine rings is 1. The summed E-state index contributed by atoms with van der Waals surface area (Å²) in [6.45, 7) is 4.36. The second-order valence-electron chi connectivity index (χ2n) is 4.03. The molecule has 0 aliphatic carbocycles. The molecule has 1 aliphatic rings. The van der Waals surface area contributed by atoms with E-state index in [1.807, 2.05) is 0 Å². The molecular formula is C11H16ClN3. The Kier molecular flexibility index (Phi) is 3.41. The Hall–Kier alpha value is -0.830. The van der Waals surface area contributed by atoms with Gasteiger partial charge >= 0.3 is 0 Å². The lowest BCUT2D eigenvalue weighted by Gasteiger charge is -2.33. The predicted octanol–water partition coefficient (Wildman–Crippen LogP) is 2.76. The Morgan fingerprint density at radius 2 is 2.27 bits per heavy atom.